The van der Waals surface area contributed by atoms with Crippen molar-refractivity contribution in [2.24, 2.45) is 0 Å². The normalized spacial score (nSPS) is 16.8. The summed E-state index contributed by atoms with van der Waals surface area (Å²) in [4.78, 5) is 14.0. The van der Waals surface area contributed by atoms with Crippen LogP contribution in [0.5, 0.6) is 0 Å². The fourth-order valence-electron chi connectivity index (χ4n) is 2.62. The van der Waals surface area contributed by atoms with Crippen LogP contribution < -0.4 is 0 Å². The number of hydrogen-bond acceptors (Lipinski definition) is 1. The Bertz CT molecular complexity index is 252. The van der Waals surface area contributed by atoms with Gasteiger partial charge in [-0.05, 0) is 31.8 Å². The zero-order valence-electron chi connectivity index (χ0n) is 12.7. The second kappa shape index (κ2) is 11.1. The first-order chi connectivity index (χ1) is 9.34. The molecule has 0 aliphatic carbocycles. The van der Waals surface area contributed by atoms with Gasteiger partial charge in [0, 0.05) is 13.1 Å². The minimum Gasteiger partial charge on any atom is -0.339 e. The molecule has 0 spiro atoms. The van der Waals surface area contributed by atoms with Gasteiger partial charge in [0.2, 0.25) is 5.91 Å². The number of carbonyl (C=O) groups is 1. The summed E-state index contributed by atoms with van der Waals surface area (Å²) in [6, 6.07) is 0. The highest BCUT2D eigenvalue weighted by Gasteiger charge is 2.12. The Morgan fingerprint density at radius 3 is 2.26 bits per heavy atom. The molecule has 0 radical (unpaired) electrons. The molecule has 2 heteroatoms. The van der Waals surface area contributed by atoms with E-state index in [1.54, 1.807) is 6.08 Å². The van der Waals surface area contributed by atoms with Crippen LogP contribution in [0.4, 0.5) is 0 Å². The van der Waals surface area contributed by atoms with Crippen LogP contribution >= 0.6 is 0 Å². The average molecular weight is 265 g/mol. The Hall–Kier alpha value is -0.790. The number of rotatable bonds is 8. The van der Waals surface area contributed by atoms with Crippen LogP contribution in [0.1, 0.15) is 77.6 Å². The lowest BCUT2D eigenvalue weighted by Gasteiger charge is -2.17. The van der Waals surface area contributed by atoms with E-state index in [0.29, 0.717) is 0 Å². The lowest BCUT2D eigenvalue weighted by molar-refractivity contribution is -0.126. The van der Waals surface area contributed by atoms with E-state index >= 15 is 0 Å². The molecule has 0 aromatic carbocycles. The lowest BCUT2D eigenvalue weighted by atomic mass is 10.1. The first kappa shape index (κ1) is 16.3. The second-order valence-corrected chi connectivity index (χ2v) is 5.70. The Balaban J connectivity index is 2.05. The summed E-state index contributed by atoms with van der Waals surface area (Å²) in [6.45, 7) is 4.16. The van der Waals surface area contributed by atoms with E-state index in [1.165, 1.54) is 64.2 Å². The van der Waals surface area contributed by atoms with E-state index in [9.17, 15) is 4.79 Å². The van der Waals surface area contributed by atoms with Gasteiger partial charge in [0.05, 0.1) is 0 Å². The molecule has 2 nitrogen and oxygen atoms in total. The molecule has 1 aliphatic heterocycles. The molecule has 110 valence electrons. The van der Waals surface area contributed by atoms with Gasteiger partial charge in [-0.25, -0.2) is 0 Å². The SMILES string of the molecule is CCCCCCCCC=CC(=O)N1CCCCCC1. The monoisotopic (exact) mass is 265 g/mol. The topological polar surface area (TPSA) is 20.3 Å². The van der Waals surface area contributed by atoms with Gasteiger partial charge in [0.25, 0.3) is 0 Å². The Morgan fingerprint density at radius 2 is 1.58 bits per heavy atom. The average Bonchev–Trinajstić information content (AvgIpc) is 2.70. The summed E-state index contributed by atoms with van der Waals surface area (Å²) < 4.78 is 0. The minimum absolute atomic E-state index is 0.230. The first-order valence-electron chi connectivity index (χ1n) is 8.30. The molecule has 19 heavy (non-hydrogen) atoms. The Kier molecular flexibility index (Phi) is 9.48. The predicted octanol–water partition coefficient (Wildman–Crippen LogP) is 4.70. The molecule has 1 fully saturated rings. The zero-order chi connectivity index (χ0) is 13.8. The van der Waals surface area contributed by atoms with Crippen molar-refractivity contribution in [1.29, 1.82) is 0 Å². The van der Waals surface area contributed by atoms with Crippen LogP contribution in [-0.4, -0.2) is 23.9 Å². The fourth-order valence-corrected chi connectivity index (χ4v) is 2.62. The van der Waals surface area contributed by atoms with Crippen LogP contribution in [0.15, 0.2) is 12.2 Å². The van der Waals surface area contributed by atoms with Crippen LogP contribution in [0, 0.1) is 0 Å². The van der Waals surface area contributed by atoms with Crippen LogP contribution in [-0.2, 0) is 4.79 Å². The third-order valence-electron chi connectivity index (χ3n) is 3.90. The molecule has 1 saturated heterocycles. The Morgan fingerprint density at radius 1 is 0.947 bits per heavy atom. The van der Waals surface area contributed by atoms with E-state index in [-0.39, 0.29) is 5.91 Å². The van der Waals surface area contributed by atoms with Gasteiger partial charge >= 0.3 is 0 Å². The van der Waals surface area contributed by atoms with E-state index in [1.807, 2.05) is 4.90 Å². The molecule has 0 unspecified atom stereocenters. The van der Waals surface area contributed by atoms with Gasteiger partial charge < -0.3 is 4.90 Å². The molecule has 0 N–H and O–H groups in total. The van der Waals surface area contributed by atoms with Crippen LogP contribution in [0.2, 0.25) is 0 Å². The van der Waals surface area contributed by atoms with Crippen molar-refractivity contribution in [2.45, 2.75) is 77.6 Å². The molecule has 1 amide bonds. The van der Waals surface area contributed by atoms with E-state index < -0.39 is 0 Å². The molecule has 0 aromatic rings. The summed E-state index contributed by atoms with van der Waals surface area (Å²) in [6.07, 6.45) is 17.8. The maximum absolute atomic E-state index is 12.0. The van der Waals surface area contributed by atoms with Crippen LogP contribution in [0.3, 0.4) is 0 Å². The highest BCUT2D eigenvalue weighted by atomic mass is 16.2. The number of likely N-dealkylation sites (tertiary alicyclic amines) is 1. The van der Waals surface area contributed by atoms with E-state index in [4.69, 9.17) is 0 Å². The highest BCUT2D eigenvalue weighted by Crippen LogP contribution is 2.11. The number of unbranched alkanes of at least 4 members (excludes halogenated alkanes) is 6. The van der Waals surface area contributed by atoms with Crippen molar-refractivity contribution in [1.82, 2.24) is 4.90 Å². The predicted molar refractivity (Wildman–Crippen MR) is 82.2 cm³/mol. The summed E-state index contributed by atoms with van der Waals surface area (Å²) in [5.74, 6) is 0.230. The lowest BCUT2D eigenvalue weighted by Crippen LogP contribution is -2.30. The standard InChI is InChI=1S/C17H31NO/c1-2-3-4-5-6-7-8-11-14-17(19)18-15-12-9-10-13-16-18/h11,14H,2-10,12-13,15-16H2,1H3. The molecular weight excluding hydrogens is 234 g/mol. The number of nitrogens with zero attached hydrogens (tertiary/aromatic N) is 1. The van der Waals surface area contributed by atoms with Gasteiger partial charge in [-0.2, -0.15) is 0 Å². The van der Waals surface area contributed by atoms with Crippen molar-refractivity contribution in [2.75, 3.05) is 13.1 Å². The molecule has 1 rings (SSSR count). The van der Waals surface area contributed by atoms with Gasteiger partial charge in [-0.1, -0.05) is 57.9 Å². The quantitative estimate of drug-likeness (QED) is 0.460. The van der Waals surface area contributed by atoms with Gasteiger partial charge in [-0.3, -0.25) is 4.79 Å². The number of hydrogen-bond donors (Lipinski definition) is 0. The smallest absolute Gasteiger partial charge is 0.246 e. The van der Waals surface area contributed by atoms with Crippen LogP contribution in [0.25, 0.3) is 0 Å². The maximum Gasteiger partial charge on any atom is 0.246 e. The molecule has 1 aliphatic rings. The van der Waals surface area contributed by atoms with E-state index in [2.05, 4.69) is 13.0 Å². The summed E-state index contributed by atoms with van der Waals surface area (Å²) in [5.41, 5.74) is 0. The molecule has 0 bridgehead atoms. The third kappa shape index (κ3) is 8.07. The van der Waals surface area contributed by atoms with E-state index in [0.717, 1.165) is 19.5 Å². The van der Waals surface area contributed by atoms with Crippen molar-refractivity contribution < 1.29 is 4.79 Å². The minimum atomic E-state index is 0.230. The summed E-state index contributed by atoms with van der Waals surface area (Å²) in [5, 5.41) is 0. The number of allylic oxidation sites excluding steroid dienone is 1. The highest BCUT2D eigenvalue weighted by molar-refractivity contribution is 5.87. The molecule has 0 atom stereocenters. The molecule has 0 saturated carbocycles. The summed E-state index contributed by atoms with van der Waals surface area (Å²) >= 11 is 0. The maximum atomic E-state index is 12.0. The van der Waals surface area contributed by atoms with Crippen molar-refractivity contribution in [3.8, 4) is 0 Å². The van der Waals surface area contributed by atoms with Crippen molar-refractivity contribution in [3.63, 3.8) is 0 Å². The zero-order valence-corrected chi connectivity index (χ0v) is 12.7. The number of amides is 1. The van der Waals surface area contributed by atoms with Crippen molar-refractivity contribution >= 4 is 5.91 Å². The molecule has 1 heterocycles. The fraction of sp³-hybridized carbons (Fsp3) is 0.824. The Labute approximate surface area is 119 Å². The molecule has 0 aromatic heterocycles. The number of carbonyl (C=O) groups excluding carboxylic acids is 1. The van der Waals surface area contributed by atoms with Gasteiger partial charge in [-0.15, -0.1) is 0 Å². The molecular formula is C17H31NO. The summed E-state index contributed by atoms with van der Waals surface area (Å²) in [7, 11) is 0. The third-order valence-corrected chi connectivity index (χ3v) is 3.90. The van der Waals surface area contributed by atoms with Gasteiger partial charge in [0.1, 0.15) is 0 Å². The van der Waals surface area contributed by atoms with Crippen molar-refractivity contribution in [3.05, 3.63) is 12.2 Å². The van der Waals surface area contributed by atoms with Gasteiger partial charge in [0.15, 0.2) is 0 Å². The largest absolute Gasteiger partial charge is 0.339 e. The first-order valence-corrected chi connectivity index (χ1v) is 8.30. The second-order valence-electron chi connectivity index (χ2n) is 5.70.